The van der Waals surface area contributed by atoms with Crippen LogP contribution in [-0.2, 0) is 17.6 Å². The molecule has 146 valence electrons. The van der Waals surface area contributed by atoms with Crippen LogP contribution in [-0.4, -0.2) is 55.2 Å². The van der Waals surface area contributed by atoms with E-state index < -0.39 is 30.6 Å². The van der Waals surface area contributed by atoms with E-state index in [2.05, 4.69) is 15.3 Å². The Labute approximate surface area is 161 Å². The summed E-state index contributed by atoms with van der Waals surface area (Å²) in [6.45, 7) is 0. The summed E-state index contributed by atoms with van der Waals surface area (Å²) in [4.78, 5) is 8.46. The summed E-state index contributed by atoms with van der Waals surface area (Å²) < 4.78 is 7.61. The number of aryl methyl sites for hydroxylation is 2. The van der Waals surface area contributed by atoms with Crippen LogP contribution >= 0.6 is 0 Å². The van der Waals surface area contributed by atoms with E-state index in [9.17, 15) is 15.3 Å². The number of anilines is 1. The summed E-state index contributed by atoms with van der Waals surface area (Å²) in [7, 11) is 1.77. The molecular weight excluding hydrogens is 360 g/mol. The first-order valence-corrected chi connectivity index (χ1v) is 9.39. The van der Waals surface area contributed by atoms with Gasteiger partial charge in [0.15, 0.2) is 6.23 Å². The number of hydrogen-bond donors (Lipinski definition) is 4. The number of benzene rings is 1. The van der Waals surface area contributed by atoms with Crippen molar-refractivity contribution in [1.82, 2.24) is 14.5 Å². The number of nitrogens with one attached hydrogen (secondary N) is 1. The molecule has 2 aromatic heterocycles. The average molecular weight is 382 g/mol. The van der Waals surface area contributed by atoms with Crippen molar-refractivity contribution in [3.05, 3.63) is 53.5 Å². The van der Waals surface area contributed by atoms with E-state index in [0.29, 0.717) is 17.0 Å². The first-order valence-electron chi connectivity index (χ1n) is 9.39. The molecule has 3 aromatic rings. The number of fused-ring (bicyclic) bond motifs is 2. The van der Waals surface area contributed by atoms with Gasteiger partial charge in [-0.3, -0.25) is 0 Å². The smallest absolute Gasteiger partial charge is 0.164 e. The maximum atomic E-state index is 10.8. The van der Waals surface area contributed by atoms with Crippen LogP contribution in [0.2, 0.25) is 0 Å². The standard InChI is InChI=1S/C20H22N4O4/c1-21-18-13-6-7-24(19(13)23-9-22-18)20-16(27)15(26)17(28-20)14(25)12-5-3-10-2-4-11(10)8-12/h3,5-9,14-17,20,25-27H,2,4H2,1H3,(H,21,22,23)/t14-,15+,16-,17-,20-/m1/s1. The highest BCUT2D eigenvalue weighted by molar-refractivity contribution is 5.87. The lowest BCUT2D eigenvalue weighted by Gasteiger charge is -2.25. The predicted octanol–water partition coefficient (Wildman–Crippen LogP) is 0.924. The molecule has 8 heteroatoms. The molecular formula is C20H22N4O4. The van der Waals surface area contributed by atoms with E-state index >= 15 is 0 Å². The Morgan fingerprint density at radius 2 is 1.96 bits per heavy atom. The lowest BCUT2D eigenvalue weighted by atomic mass is 9.85. The van der Waals surface area contributed by atoms with Gasteiger partial charge in [0.05, 0.1) is 5.39 Å². The molecule has 5 atom stereocenters. The molecule has 8 nitrogen and oxygen atoms in total. The molecule has 1 aliphatic carbocycles. The van der Waals surface area contributed by atoms with Crippen molar-refractivity contribution in [2.45, 2.75) is 43.5 Å². The highest BCUT2D eigenvalue weighted by atomic mass is 16.6. The number of aromatic nitrogens is 3. The van der Waals surface area contributed by atoms with Crippen molar-refractivity contribution in [1.29, 1.82) is 0 Å². The molecule has 5 rings (SSSR count). The van der Waals surface area contributed by atoms with Gasteiger partial charge in [-0.25, -0.2) is 9.97 Å². The second kappa shape index (κ2) is 6.52. The molecule has 28 heavy (non-hydrogen) atoms. The van der Waals surface area contributed by atoms with Crippen LogP contribution in [0.15, 0.2) is 36.8 Å². The first kappa shape index (κ1) is 17.6. The van der Waals surface area contributed by atoms with Gasteiger partial charge in [-0.1, -0.05) is 18.2 Å². The molecule has 0 amide bonds. The van der Waals surface area contributed by atoms with Crippen molar-refractivity contribution in [3.63, 3.8) is 0 Å². The number of rotatable bonds is 4. The number of nitrogens with zero attached hydrogens (tertiary/aromatic N) is 3. The minimum absolute atomic E-state index is 0.576. The number of hydrogen-bond acceptors (Lipinski definition) is 7. The van der Waals surface area contributed by atoms with Crippen LogP contribution < -0.4 is 5.32 Å². The quantitative estimate of drug-likeness (QED) is 0.531. The van der Waals surface area contributed by atoms with Gasteiger partial charge in [-0.05, 0) is 35.6 Å². The highest BCUT2D eigenvalue weighted by Crippen LogP contribution is 2.38. The van der Waals surface area contributed by atoms with Gasteiger partial charge >= 0.3 is 0 Å². The third-order valence-corrected chi connectivity index (χ3v) is 5.84. The Hall–Kier alpha value is -2.52. The zero-order valence-corrected chi connectivity index (χ0v) is 15.4. The third kappa shape index (κ3) is 2.53. The number of aliphatic hydroxyl groups excluding tert-OH is 3. The lowest BCUT2D eigenvalue weighted by molar-refractivity contribution is -0.0848. The maximum absolute atomic E-state index is 10.8. The van der Waals surface area contributed by atoms with E-state index in [-0.39, 0.29) is 0 Å². The van der Waals surface area contributed by atoms with Gasteiger partial charge in [-0.15, -0.1) is 0 Å². The van der Waals surface area contributed by atoms with Crippen LogP contribution in [0.4, 0.5) is 5.82 Å². The van der Waals surface area contributed by atoms with E-state index in [1.54, 1.807) is 17.8 Å². The monoisotopic (exact) mass is 382 g/mol. The second-order valence-corrected chi connectivity index (χ2v) is 7.38. The Balaban J connectivity index is 1.46. The number of ether oxygens (including phenoxy) is 1. The van der Waals surface area contributed by atoms with Crippen molar-refractivity contribution in [3.8, 4) is 0 Å². The highest BCUT2D eigenvalue weighted by Gasteiger charge is 2.47. The van der Waals surface area contributed by atoms with E-state index in [1.807, 2.05) is 24.3 Å². The lowest BCUT2D eigenvalue weighted by Crippen LogP contribution is -2.35. The largest absolute Gasteiger partial charge is 0.387 e. The SMILES string of the molecule is CNc1ncnc2c1ccn2[C@@H]1O[C@H]([C@H](O)c2ccc3c(c2)CC3)[C@@H](O)[C@H]1O. The fourth-order valence-electron chi connectivity index (χ4n) is 4.14. The Morgan fingerprint density at radius 3 is 2.68 bits per heavy atom. The minimum Gasteiger partial charge on any atom is -0.387 e. The first-order chi connectivity index (χ1) is 13.6. The molecule has 4 N–H and O–H groups in total. The Morgan fingerprint density at radius 1 is 1.14 bits per heavy atom. The van der Waals surface area contributed by atoms with E-state index in [0.717, 1.165) is 18.2 Å². The van der Waals surface area contributed by atoms with Gasteiger partial charge < -0.3 is 29.9 Å². The van der Waals surface area contributed by atoms with Crippen molar-refractivity contribution >= 4 is 16.9 Å². The molecule has 0 unspecified atom stereocenters. The second-order valence-electron chi connectivity index (χ2n) is 7.38. The molecule has 3 heterocycles. The van der Waals surface area contributed by atoms with Gasteiger partial charge in [0.1, 0.15) is 42.2 Å². The van der Waals surface area contributed by atoms with Gasteiger partial charge in [0.25, 0.3) is 0 Å². The third-order valence-electron chi connectivity index (χ3n) is 5.84. The average Bonchev–Trinajstić information content (AvgIpc) is 3.24. The van der Waals surface area contributed by atoms with Crippen LogP contribution in [0, 0.1) is 0 Å². The summed E-state index contributed by atoms with van der Waals surface area (Å²) in [5, 5.41) is 35.8. The fraction of sp³-hybridized carbons (Fsp3) is 0.400. The summed E-state index contributed by atoms with van der Waals surface area (Å²) in [6.07, 6.45) is -0.0463. The Kier molecular flexibility index (Phi) is 4.09. The maximum Gasteiger partial charge on any atom is 0.164 e. The zero-order chi connectivity index (χ0) is 19.4. The topological polar surface area (TPSA) is 113 Å². The zero-order valence-electron chi connectivity index (χ0n) is 15.4. The molecule has 0 bridgehead atoms. The molecule has 0 radical (unpaired) electrons. The van der Waals surface area contributed by atoms with Crippen LogP contribution in [0.25, 0.3) is 11.0 Å². The fourth-order valence-corrected chi connectivity index (χ4v) is 4.14. The molecule has 1 aromatic carbocycles. The predicted molar refractivity (Wildman–Crippen MR) is 102 cm³/mol. The van der Waals surface area contributed by atoms with Crippen molar-refractivity contribution in [2.24, 2.45) is 0 Å². The molecule has 1 saturated heterocycles. The van der Waals surface area contributed by atoms with Gasteiger partial charge in [0, 0.05) is 13.2 Å². The minimum atomic E-state index is -1.23. The van der Waals surface area contributed by atoms with Crippen LogP contribution in [0.1, 0.15) is 29.0 Å². The number of aliphatic hydroxyl groups is 3. The van der Waals surface area contributed by atoms with Crippen molar-refractivity contribution < 1.29 is 20.1 Å². The molecule has 1 fully saturated rings. The summed E-state index contributed by atoms with van der Waals surface area (Å²) in [6, 6.07) is 7.64. The van der Waals surface area contributed by atoms with Crippen molar-refractivity contribution in [2.75, 3.05) is 12.4 Å². The van der Waals surface area contributed by atoms with E-state index in [1.165, 1.54) is 17.5 Å². The summed E-state index contributed by atoms with van der Waals surface area (Å²) in [5.74, 6) is 0.662. The van der Waals surface area contributed by atoms with Gasteiger partial charge in [-0.2, -0.15) is 0 Å². The molecule has 2 aliphatic rings. The molecule has 0 saturated carbocycles. The van der Waals surface area contributed by atoms with E-state index in [4.69, 9.17) is 4.74 Å². The molecule has 0 spiro atoms. The summed E-state index contributed by atoms with van der Waals surface area (Å²) >= 11 is 0. The normalized spacial score (nSPS) is 27.4. The molecule has 1 aliphatic heterocycles. The van der Waals surface area contributed by atoms with Gasteiger partial charge in [0.2, 0.25) is 0 Å². The Bertz CT molecular complexity index is 1040. The summed E-state index contributed by atoms with van der Waals surface area (Å²) in [5.41, 5.74) is 3.77. The van der Waals surface area contributed by atoms with Crippen LogP contribution in [0.5, 0.6) is 0 Å². The van der Waals surface area contributed by atoms with Crippen LogP contribution in [0.3, 0.4) is 0 Å².